The van der Waals surface area contributed by atoms with Gasteiger partial charge < -0.3 is 10.5 Å². The second-order valence-electron chi connectivity index (χ2n) is 6.87. The van der Waals surface area contributed by atoms with E-state index in [1.165, 1.54) is 31.4 Å². The van der Waals surface area contributed by atoms with Gasteiger partial charge in [-0.1, -0.05) is 6.42 Å². The number of hydrogen-bond acceptors (Lipinski definition) is 3. The van der Waals surface area contributed by atoms with Gasteiger partial charge in [0, 0.05) is 17.3 Å². The summed E-state index contributed by atoms with van der Waals surface area (Å²) in [7, 11) is 0. The molecule has 132 valence electrons. The summed E-state index contributed by atoms with van der Waals surface area (Å²) in [5.74, 6) is -0.159. The maximum absolute atomic E-state index is 14.1. The van der Waals surface area contributed by atoms with Gasteiger partial charge in [0.25, 0.3) is 5.91 Å². The Morgan fingerprint density at radius 1 is 1.28 bits per heavy atom. The van der Waals surface area contributed by atoms with Gasteiger partial charge in [-0.2, -0.15) is 0 Å². The van der Waals surface area contributed by atoms with Crippen molar-refractivity contribution in [1.82, 2.24) is 4.98 Å². The lowest BCUT2D eigenvalue weighted by Gasteiger charge is -2.31. The van der Waals surface area contributed by atoms with Crippen molar-refractivity contribution in [3.63, 3.8) is 0 Å². The highest BCUT2D eigenvalue weighted by Gasteiger charge is 2.26. The molecular weight excluding hydrogens is 319 g/mol. The molecule has 0 aliphatic heterocycles. The van der Waals surface area contributed by atoms with Crippen LogP contribution in [0.15, 0.2) is 24.4 Å². The van der Waals surface area contributed by atoms with Crippen LogP contribution in [0.4, 0.5) is 4.39 Å². The Labute approximate surface area is 147 Å². The lowest BCUT2D eigenvalue weighted by Crippen LogP contribution is -2.29. The summed E-state index contributed by atoms with van der Waals surface area (Å²) in [5, 5.41) is 0. The first-order chi connectivity index (χ1) is 11.9. The zero-order chi connectivity index (χ0) is 18.1. The van der Waals surface area contributed by atoms with Gasteiger partial charge in [0.05, 0.1) is 5.56 Å². The largest absolute Gasteiger partial charge is 0.474 e. The number of aryl methyl sites for hydroxylation is 2. The molecule has 1 amide bonds. The minimum Gasteiger partial charge on any atom is -0.474 e. The molecule has 1 fully saturated rings. The van der Waals surface area contributed by atoms with Crippen LogP contribution in [0, 0.1) is 25.6 Å². The van der Waals surface area contributed by atoms with Gasteiger partial charge in [-0.3, -0.25) is 4.79 Å². The summed E-state index contributed by atoms with van der Waals surface area (Å²) in [5.41, 5.74) is 8.25. The molecule has 3 rings (SSSR count). The summed E-state index contributed by atoms with van der Waals surface area (Å²) >= 11 is 0. The van der Waals surface area contributed by atoms with Crippen LogP contribution in [0.25, 0.3) is 11.1 Å². The van der Waals surface area contributed by atoms with Crippen molar-refractivity contribution in [3.8, 4) is 17.0 Å². The number of nitrogens with zero attached hydrogens (tertiary/aromatic N) is 1. The molecule has 0 radical (unpaired) electrons. The van der Waals surface area contributed by atoms with E-state index < -0.39 is 11.7 Å². The lowest BCUT2D eigenvalue weighted by atomic mass is 9.82. The number of nitrogens with two attached hydrogens (primary N) is 1. The predicted octanol–water partition coefficient (Wildman–Crippen LogP) is 4.17. The molecule has 1 aliphatic carbocycles. The van der Waals surface area contributed by atoms with Gasteiger partial charge in [-0.05, 0) is 68.9 Å². The van der Waals surface area contributed by atoms with Crippen LogP contribution >= 0.6 is 0 Å². The van der Waals surface area contributed by atoms with Crippen molar-refractivity contribution >= 4 is 5.91 Å². The zero-order valence-electron chi connectivity index (χ0n) is 14.8. The molecule has 2 aromatic rings. The number of primary amides is 1. The molecule has 1 aromatic carbocycles. The minimum absolute atomic E-state index is 0.0970. The number of carbonyl (C=O) groups is 1. The van der Waals surface area contributed by atoms with Crippen molar-refractivity contribution in [3.05, 3.63) is 46.9 Å². The van der Waals surface area contributed by atoms with Gasteiger partial charge in [-0.15, -0.1) is 0 Å². The molecule has 1 saturated carbocycles. The second kappa shape index (κ2) is 6.82. The van der Waals surface area contributed by atoms with Crippen LogP contribution in [0.3, 0.4) is 0 Å². The predicted molar refractivity (Wildman–Crippen MR) is 95.1 cm³/mol. The normalized spacial score (nSPS) is 15.5. The maximum Gasteiger partial charge on any atom is 0.251 e. The zero-order valence-corrected chi connectivity index (χ0v) is 14.8. The number of aromatic nitrogens is 1. The molecular formula is C20H23FN2O2. The number of ether oxygens (including phenoxy) is 1. The van der Waals surface area contributed by atoms with Gasteiger partial charge >= 0.3 is 0 Å². The fourth-order valence-electron chi connectivity index (χ4n) is 3.20. The van der Waals surface area contributed by atoms with Crippen LogP contribution in [0.5, 0.6) is 5.88 Å². The highest BCUT2D eigenvalue weighted by molar-refractivity contribution is 5.94. The fourth-order valence-corrected chi connectivity index (χ4v) is 3.20. The van der Waals surface area contributed by atoms with E-state index in [1.807, 2.05) is 19.9 Å². The van der Waals surface area contributed by atoms with Gasteiger partial charge in [-0.25, -0.2) is 9.37 Å². The molecule has 4 nitrogen and oxygen atoms in total. The molecule has 1 aliphatic rings. The number of benzene rings is 1. The summed E-state index contributed by atoms with van der Waals surface area (Å²) in [6.07, 6.45) is 5.53. The second-order valence-corrected chi connectivity index (χ2v) is 6.87. The molecule has 1 aromatic heterocycles. The number of amides is 1. The average Bonchev–Trinajstić information content (AvgIpc) is 2.49. The van der Waals surface area contributed by atoms with Crippen LogP contribution in [-0.4, -0.2) is 17.0 Å². The van der Waals surface area contributed by atoms with Crippen LogP contribution < -0.4 is 10.5 Å². The fraction of sp³-hybridized carbons (Fsp3) is 0.400. The Morgan fingerprint density at radius 2 is 2.00 bits per heavy atom. The number of pyridine rings is 1. The topological polar surface area (TPSA) is 65.2 Å². The van der Waals surface area contributed by atoms with Crippen molar-refractivity contribution < 1.29 is 13.9 Å². The minimum atomic E-state index is -0.768. The Hall–Kier alpha value is -2.43. The molecule has 2 N–H and O–H groups in total. The maximum atomic E-state index is 14.1. The first-order valence-corrected chi connectivity index (χ1v) is 8.60. The number of hydrogen-bond donors (Lipinski definition) is 1. The Morgan fingerprint density at radius 3 is 2.56 bits per heavy atom. The van der Waals surface area contributed by atoms with E-state index in [0.29, 0.717) is 17.4 Å². The highest BCUT2D eigenvalue weighted by Crippen LogP contribution is 2.33. The quantitative estimate of drug-likeness (QED) is 0.887. The van der Waals surface area contributed by atoms with E-state index in [-0.39, 0.29) is 11.7 Å². The molecule has 0 saturated heterocycles. The number of halogens is 1. The number of rotatable bonds is 5. The van der Waals surface area contributed by atoms with Crippen LogP contribution in [0.2, 0.25) is 0 Å². The van der Waals surface area contributed by atoms with Crippen molar-refractivity contribution in [1.29, 1.82) is 0 Å². The van der Waals surface area contributed by atoms with E-state index in [0.717, 1.165) is 16.7 Å². The summed E-state index contributed by atoms with van der Waals surface area (Å²) < 4.78 is 20.1. The van der Waals surface area contributed by atoms with Crippen molar-refractivity contribution in [2.45, 2.75) is 46.1 Å². The SMILES string of the molecule is Cc1cc(C(N)=O)c(F)cc1-c1cnc(OC(C)C2CCC2)c(C)c1. The summed E-state index contributed by atoms with van der Waals surface area (Å²) in [6.45, 7) is 5.84. The third-order valence-corrected chi connectivity index (χ3v) is 5.03. The Balaban J connectivity index is 1.87. The van der Waals surface area contributed by atoms with E-state index in [1.54, 1.807) is 6.20 Å². The first kappa shape index (κ1) is 17.4. The third kappa shape index (κ3) is 3.50. The molecule has 1 heterocycles. The summed E-state index contributed by atoms with van der Waals surface area (Å²) in [6, 6.07) is 4.75. The summed E-state index contributed by atoms with van der Waals surface area (Å²) in [4.78, 5) is 15.7. The first-order valence-electron chi connectivity index (χ1n) is 8.60. The molecule has 25 heavy (non-hydrogen) atoms. The van der Waals surface area contributed by atoms with Crippen molar-refractivity contribution in [2.75, 3.05) is 0 Å². The standard InChI is InChI=1S/C20H23FN2O2/c1-11-8-17(19(22)24)18(21)9-16(11)15-7-12(2)20(23-10-15)25-13(3)14-5-4-6-14/h7-10,13-14H,4-6H2,1-3H3,(H2,22,24). The Kier molecular flexibility index (Phi) is 4.75. The number of carbonyl (C=O) groups excluding carboxylic acids is 1. The molecule has 5 heteroatoms. The van der Waals surface area contributed by atoms with Crippen LogP contribution in [0.1, 0.15) is 47.7 Å². The molecule has 1 unspecified atom stereocenters. The van der Waals surface area contributed by atoms with Gasteiger partial charge in [0.1, 0.15) is 11.9 Å². The van der Waals surface area contributed by atoms with Crippen molar-refractivity contribution in [2.24, 2.45) is 11.7 Å². The monoisotopic (exact) mass is 342 g/mol. The highest BCUT2D eigenvalue weighted by atomic mass is 19.1. The third-order valence-electron chi connectivity index (χ3n) is 5.03. The smallest absolute Gasteiger partial charge is 0.251 e. The molecule has 1 atom stereocenters. The molecule has 0 spiro atoms. The van der Waals surface area contributed by atoms with Gasteiger partial charge in [0.2, 0.25) is 5.88 Å². The van der Waals surface area contributed by atoms with E-state index >= 15 is 0 Å². The lowest BCUT2D eigenvalue weighted by molar-refractivity contribution is 0.0938. The van der Waals surface area contributed by atoms with Gasteiger partial charge in [0.15, 0.2) is 0 Å². The molecule has 0 bridgehead atoms. The van der Waals surface area contributed by atoms with E-state index in [9.17, 15) is 9.18 Å². The average molecular weight is 342 g/mol. The Bertz CT molecular complexity index is 816. The van der Waals surface area contributed by atoms with Crippen LogP contribution in [-0.2, 0) is 0 Å². The van der Waals surface area contributed by atoms with E-state index in [4.69, 9.17) is 10.5 Å². The van der Waals surface area contributed by atoms with E-state index in [2.05, 4.69) is 11.9 Å².